The monoisotopic (exact) mass is 350 g/mol. The number of phenolic OH excluding ortho intramolecular Hbond substituents is 1. The lowest BCUT2D eigenvalue weighted by Crippen LogP contribution is -2.21. The van der Waals surface area contributed by atoms with E-state index in [1.54, 1.807) is 22.9 Å². The van der Waals surface area contributed by atoms with E-state index in [2.05, 4.69) is 36.5 Å². The van der Waals surface area contributed by atoms with Gasteiger partial charge in [0.25, 0.3) is 0 Å². The highest BCUT2D eigenvalue weighted by atomic mass is 16.3. The highest BCUT2D eigenvalue weighted by Crippen LogP contribution is 2.26. The molecule has 6 heteroatoms. The van der Waals surface area contributed by atoms with Crippen LogP contribution in [0, 0.1) is 0 Å². The number of hydrogen-bond acceptors (Lipinski definition) is 3. The van der Waals surface area contributed by atoms with Gasteiger partial charge in [-0.25, -0.2) is 9.48 Å². The summed E-state index contributed by atoms with van der Waals surface area (Å²) in [5.74, 6) is 0.658. The van der Waals surface area contributed by atoms with E-state index in [1.807, 2.05) is 36.4 Å². The van der Waals surface area contributed by atoms with Crippen molar-refractivity contribution in [1.29, 1.82) is 0 Å². The lowest BCUT2D eigenvalue weighted by molar-refractivity contribution is 0.262. The van der Waals surface area contributed by atoms with Crippen molar-refractivity contribution in [3.8, 4) is 11.4 Å². The molecule has 3 rings (SSSR count). The van der Waals surface area contributed by atoms with Gasteiger partial charge in [-0.1, -0.05) is 45.0 Å². The molecule has 3 N–H and O–H groups in total. The van der Waals surface area contributed by atoms with Gasteiger partial charge in [-0.3, -0.25) is 5.32 Å². The number of aromatic nitrogens is 2. The fraction of sp³-hybridized carbons (Fsp3) is 0.200. The maximum absolute atomic E-state index is 12.4. The quantitative estimate of drug-likeness (QED) is 0.650. The van der Waals surface area contributed by atoms with Crippen LogP contribution in [0.2, 0.25) is 0 Å². The minimum atomic E-state index is -0.409. The van der Waals surface area contributed by atoms with Crippen LogP contribution in [0.1, 0.15) is 26.5 Å². The highest BCUT2D eigenvalue weighted by Gasteiger charge is 2.21. The first-order valence-electron chi connectivity index (χ1n) is 8.36. The van der Waals surface area contributed by atoms with Gasteiger partial charge in [-0.05, 0) is 24.3 Å². The zero-order valence-corrected chi connectivity index (χ0v) is 15.0. The van der Waals surface area contributed by atoms with Crippen molar-refractivity contribution in [2.24, 2.45) is 0 Å². The molecule has 0 aliphatic carbocycles. The highest BCUT2D eigenvalue weighted by molar-refractivity contribution is 5.99. The Labute approximate surface area is 152 Å². The summed E-state index contributed by atoms with van der Waals surface area (Å²) in [6.45, 7) is 6.21. The van der Waals surface area contributed by atoms with Crippen LogP contribution in [-0.4, -0.2) is 20.9 Å². The van der Waals surface area contributed by atoms with E-state index in [0.717, 1.165) is 11.4 Å². The average Bonchev–Trinajstić information content (AvgIpc) is 2.99. The van der Waals surface area contributed by atoms with Crippen LogP contribution in [0.4, 0.5) is 16.3 Å². The Hall–Kier alpha value is -3.28. The lowest BCUT2D eigenvalue weighted by atomic mass is 9.92. The van der Waals surface area contributed by atoms with Gasteiger partial charge < -0.3 is 10.4 Å². The van der Waals surface area contributed by atoms with Gasteiger partial charge in [0.05, 0.1) is 11.4 Å². The molecule has 0 saturated heterocycles. The number of anilines is 2. The summed E-state index contributed by atoms with van der Waals surface area (Å²) in [6.07, 6.45) is 0. The summed E-state index contributed by atoms with van der Waals surface area (Å²) in [4.78, 5) is 12.4. The van der Waals surface area contributed by atoms with Crippen molar-refractivity contribution in [3.63, 3.8) is 0 Å². The number of urea groups is 1. The van der Waals surface area contributed by atoms with Crippen LogP contribution in [0.15, 0.2) is 60.7 Å². The van der Waals surface area contributed by atoms with Crippen LogP contribution in [-0.2, 0) is 5.41 Å². The summed E-state index contributed by atoms with van der Waals surface area (Å²) in [5, 5.41) is 19.7. The second-order valence-corrected chi connectivity index (χ2v) is 7.04. The topological polar surface area (TPSA) is 79.2 Å². The molecular weight excluding hydrogens is 328 g/mol. The third-order valence-electron chi connectivity index (χ3n) is 3.82. The van der Waals surface area contributed by atoms with Crippen molar-refractivity contribution in [1.82, 2.24) is 9.78 Å². The second kappa shape index (κ2) is 6.92. The summed E-state index contributed by atoms with van der Waals surface area (Å²) in [7, 11) is 0. The Morgan fingerprint density at radius 3 is 2.38 bits per heavy atom. The van der Waals surface area contributed by atoms with Crippen molar-refractivity contribution < 1.29 is 9.90 Å². The summed E-state index contributed by atoms with van der Waals surface area (Å²) in [5.41, 5.74) is 2.08. The number of rotatable bonds is 3. The predicted octanol–water partition coefficient (Wildman–Crippen LogP) is 4.52. The number of nitrogens with zero attached hydrogens (tertiary/aromatic N) is 2. The molecule has 1 aromatic heterocycles. The summed E-state index contributed by atoms with van der Waals surface area (Å²) in [6, 6.07) is 17.5. The van der Waals surface area contributed by atoms with E-state index < -0.39 is 6.03 Å². The SMILES string of the molecule is CC(C)(C)c1cc(NC(=O)Nc2cccc(O)c2)n(-c2ccccc2)n1. The fourth-order valence-corrected chi connectivity index (χ4v) is 2.47. The molecule has 0 aliphatic heterocycles. The molecule has 2 aromatic carbocycles. The smallest absolute Gasteiger partial charge is 0.324 e. The van der Waals surface area contributed by atoms with Gasteiger partial charge >= 0.3 is 6.03 Å². The molecule has 0 atom stereocenters. The lowest BCUT2D eigenvalue weighted by Gasteiger charge is -2.14. The van der Waals surface area contributed by atoms with Gasteiger partial charge in [0.2, 0.25) is 0 Å². The number of aromatic hydroxyl groups is 1. The Balaban J connectivity index is 1.88. The fourth-order valence-electron chi connectivity index (χ4n) is 2.47. The molecule has 26 heavy (non-hydrogen) atoms. The molecule has 134 valence electrons. The first kappa shape index (κ1) is 17.5. The Morgan fingerprint density at radius 2 is 1.73 bits per heavy atom. The summed E-state index contributed by atoms with van der Waals surface area (Å²) < 4.78 is 1.71. The van der Waals surface area contributed by atoms with Crippen molar-refractivity contribution >= 4 is 17.5 Å². The van der Waals surface area contributed by atoms with E-state index in [9.17, 15) is 9.90 Å². The van der Waals surface area contributed by atoms with Crippen LogP contribution in [0.5, 0.6) is 5.75 Å². The van der Waals surface area contributed by atoms with Crippen LogP contribution in [0.3, 0.4) is 0 Å². The molecule has 0 radical (unpaired) electrons. The number of para-hydroxylation sites is 1. The minimum absolute atomic E-state index is 0.0900. The molecule has 0 aliphatic rings. The standard InChI is InChI=1S/C20H22N4O2/c1-20(2,3)17-13-18(24(23-17)15-9-5-4-6-10-15)22-19(26)21-14-8-7-11-16(25)12-14/h4-13,25H,1-3H3,(H2,21,22,26). The molecule has 0 unspecified atom stereocenters. The van der Waals surface area contributed by atoms with Crippen LogP contribution >= 0.6 is 0 Å². The molecular formula is C20H22N4O2. The number of carbonyl (C=O) groups excluding carboxylic acids is 1. The maximum atomic E-state index is 12.4. The van der Waals surface area contributed by atoms with Crippen LogP contribution < -0.4 is 10.6 Å². The molecule has 0 bridgehead atoms. The molecule has 6 nitrogen and oxygen atoms in total. The average molecular weight is 350 g/mol. The Morgan fingerprint density at radius 1 is 1.00 bits per heavy atom. The Bertz CT molecular complexity index is 911. The van der Waals surface area contributed by atoms with Gasteiger partial charge in [0.15, 0.2) is 0 Å². The van der Waals surface area contributed by atoms with E-state index >= 15 is 0 Å². The maximum Gasteiger partial charge on any atom is 0.324 e. The van der Waals surface area contributed by atoms with Gasteiger partial charge in [-0.15, -0.1) is 0 Å². The first-order valence-corrected chi connectivity index (χ1v) is 8.36. The molecule has 3 aromatic rings. The summed E-state index contributed by atoms with van der Waals surface area (Å²) >= 11 is 0. The van der Waals surface area contributed by atoms with E-state index in [0.29, 0.717) is 11.5 Å². The van der Waals surface area contributed by atoms with E-state index in [1.165, 1.54) is 6.07 Å². The molecule has 0 saturated carbocycles. The largest absolute Gasteiger partial charge is 0.508 e. The normalized spacial score (nSPS) is 11.2. The van der Waals surface area contributed by atoms with Gasteiger partial charge in [0, 0.05) is 23.2 Å². The predicted molar refractivity (Wildman–Crippen MR) is 103 cm³/mol. The van der Waals surface area contributed by atoms with Crippen LogP contribution in [0.25, 0.3) is 5.69 Å². The van der Waals surface area contributed by atoms with E-state index in [4.69, 9.17) is 0 Å². The number of benzene rings is 2. The van der Waals surface area contributed by atoms with Gasteiger partial charge in [-0.2, -0.15) is 5.10 Å². The van der Waals surface area contributed by atoms with Crippen molar-refractivity contribution in [2.75, 3.05) is 10.6 Å². The van der Waals surface area contributed by atoms with Crippen molar-refractivity contribution in [2.45, 2.75) is 26.2 Å². The number of hydrogen-bond donors (Lipinski definition) is 3. The van der Waals surface area contributed by atoms with Gasteiger partial charge in [0.1, 0.15) is 11.6 Å². The zero-order chi connectivity index (χ0) is 18.7. The molecule has 1 heterocycles. The molecule has 0 fully saturated rings. The third kappa shape index (κ3) is 4.03. The molecule has 0 spiro atoms. The first-order chi connectivity index (χ1) is 12.3. The number of nitrogens with one attached hydrogen (secondary N) is 2. The second-order valence-electron chi connectivity index (χ2n) is 7.04. The zero-order valence-electron chi connectivity index (χ0n) is 15.0. The third-order valence-corrected chi connectivity index (χ3v) is 3.82. The number of amides is 2. The Kier molecular flexibility index (Phi) is 4.67. The number of phenols is 1. The minimum Gasteiger partial charge on any atom is -0.508 e. The van der Waals surface area contributed by atoms with E-state index in [-0.39, 0.29) is 11.2 Å². The van der Waals surface area contributed by atoms with Crippen molar-refractivity contribution in [3.05, 3.63) is 66.4 Å². The molecule has 2 amide bonds. The number of carbonyl (C=O) groups is 1.